The summed E-state index contributed by atoms with van der Waals surface area (Å²) < 4.78 is 1.81. The largest absolute Gasteiger partial charge is 0.356 e. The molecule has 2 aromatic heterocycles. The molecule has 0 aliphatic carbocycles. The Hall–Kier alpha value is -1.69. The van der Waals surface area contributed by atoms with Gasteiger partial charge in [-0.05, 0) is 39.7 Å². The summed E-state index contributed by atoms with van der Waals surface area (Å²) in [5, 5.41) is 5.38. The zero-order chi connectivity index (χ0) is 15.7. The van der Waals surface area contributed by atoms with Crippen LogP contribution in [0.4, 0.5) is 5.82 Å². The summed E-state index contributed by atoms with van der Waals surface area (Å²) in [5.74, 6) is 1.73. The van der Waals surface area contributed by atoms with E-state index in [-0.39, 0.29) is 0 Å². The van der Waals surface area contributed by atoms with Crippen LogP contribution in [0.15, 0.2) is 12.5 Å². The predicted octanol–water partition coefficient (Wildman–Crippen LogP) is 1.92. The lowest BCUT2D eigenvalue weighted by molar-refractivity contribution is 0.215. The highest BCUT2D eigenvalue weighted by Gasteiger charge is 2.24. The molecule has 1 aliphatic rings. The molecule has 1 atom stereocenters. The lowest BCUT2D eigenvalue weighted by atomic mass is 9.97. The van der Waals surface area contributed by atoms with Crippen LogP contribution in [0.25, 0.3) is 11.0 Å². The van der Waals surface area contributed by atoms with Crippen molar-refractivity contribution in [3.8, 4) is 0 Å². The predicted molar refractivity (Wildman–Crippen MR) is 89.0 cm³/mol. The average Bonchev–Trinajstić information content (AvgIpc) is 2.89. The second-order valence-electron chi connectivity index (χ2n) is 6.69. The maximum Gasteiger partial charge on any atom is 0.163 e. The number of piperidine rings is 1. The molecule has 3 rings (SSSR count). The first-order valence-electron chi connectivity index (χ1n) is 8.14. The number of fused-ring (bicyclic) bond motifs is 1. The van der Waals surface area contributed by atoms with Crippen molar-refractivity contribution >= 4 is 16.9 Å². The van der Waals surface area contributed by atoms with Gasteiger partial charge in [-0.2, -0.15) is 5.10 Å². The number of hydrogen-bond acceptors (Lipinski definition) is 5. The van der Waals surface area contributed by atoms with Gasteiger partial charge in [-0.25, -0.2) is 9.97 Å². The van der Waals surface area contributed by atoms with Crippen LogP contribution in [-0.2, 0) is 7.05 Å². The van der Waals surface area contributed by atoms with Crippen molar-refractivity contribution in [1.29, 1.82) is 0 Å². The molecule has 0 spiro atoms. The summed E-state index contributed by atoms with van der Waals surface area (Å²) in [6.45, 7) is 7.80. The van der Waals surface area contributed by atoms with Gasteiger partial charge in [-0.3, -0.25) is 4.68 Å². The normalized spacial score (nSPS) is 19.5. The molecule has 3 heterocycles. The van der Waals surface area contributed by atoms with Crippen LogP contribution >= 0.6 is 0 Å². The number of rotatable bonds is 4. The minimum Gasteiger partial charge on any atom is -0.356 e. The van der Waals surface area contributed by atoms with E-state index in [4.69, 9.17) is 0 Å². The maximum absolute atomic E-state index is 4.54. The number of anilines is 1. The number of nitrogens with zero attached hydrogens (tertiary/aromatic N) is 6. The van der Waals surface area contributed by atoms with Crippen molar-refractivity contribution < 1.29 is 0 Å². The van der Waals surface area contributed by atoms with Gasteiger partial charge in [0.15, 0.2) is 5.65 Å². The fraction of sp³-hybridized carbons (Fsp3) is 0.688. The highest BCUT2D eigenvalue weighted by Crippen LogP contribution is 2.27. The van der Waals surface area contributed by atoms with Gasteiger partial charge in [0.1, 0.15) is 12.1 Å². The van der Waals surface area contributed by atoms with Crippen molar-refractivity contribution in [2.24, 2.45) is 13.0 Å². The average molecular weight is 302 g/mol. The molecular formula is C16H26N6. The fourth-order valence-corrected chi connectivity index (χ4v) is 3.23. The SMILES string of the molecule is CC(C)N(C)C[C@H]1CCCN(c2ncnc3c2cnn3C)C1. The van der Waals surface area contributed by atoms with Gasteiger partial charge < -0.3 is 9.80 Å². The lowest BCUT2D eigenvalue weighted by Crippen LogP contribution is -2.42. The second-order valence-corrected chi connectivity index (χ2v) is 6.69. The highest BCUT2D eigenvalue weighted by molar-refractivity contribution is 5.86. The van der Waals surface area contributed by atoms with Crippen molar-refractivity contribution in [2.45, 2.75) is 32.7 Å². The van der Waals surface area contributed by atoms with Gasteiger partial charge >= 0.3 is 0 Å². The smallest absolute Gasteiger partial charge is 0.163 e. The summed E-state index contributed by atoms with van der Waals surface area (Å²) in [4.78, 5) is 13.7. The second kappa shape index (κ2) is 6.20. The highest BCUT2D eigenvalue weighted by atomic mass is 15.3. The molecule has 2 aromatic rings. The molecule has 1 fully saturated rings. The summed E-state index contributed by atoms with van der Waals surface area (Å²) in [6.07, 6.45) is 6.06. The minimum absolute atomic E-state index is 0.597. The molecule has 0 saturated carbocycles. The Kier molecular flexibility index (Phi) is 4.29. The van der Waals surface area contributed by atoms with E-state index in [0.717, 1.165) is 36.5 Å². The number of aryl methyl sites for hydroxylation is 1. The molecule has 0 amide bonds. The summed E-state index contributed by atoms with van der Waals surface area (Å²) >= 11 is 0. The molecule has 1 saturated heterocycles. The topological polar surface area (TPSA) is 50.1 Å². The monoisotopic (exact) mass is 302 g/mol. The van der Waals surface area contributed by atoms with E-state index in [0.29, 0.717) is 12.0 Å². The van der Waals surface area contributed by atoms with Crippen molar-refractivity contribution in [1.82, 2.24) is 24.6 Å². The first-order valence-corrected chi connectivity index (χ1v) is 8.14. The Morgan fingerprint density at radius 2 is 2.18 bits per heavy atom. The van der Waals surface area contributed by atoms with Crippen LogP contribution in [0, 0.1) is 5.92 Å². The van der Waals surface area contributed by atoms with Crippen molar-refractivity contribution in [2.75, 3.05) is 31.6 Å². The van der Waals surface area contributed by atoms with Crippen LogP contribution < -0.4 is 4.90 Å². The lowest BCUT2D eigenvalue weighted by Gasteiger charge is -2.36. The molecule has 22 heavy (non-hydrogen) atoms. The van der Waals surface area contributed by atoms with Crippen LogP contribution in [0.3, 0.4) is 0 Å². The molecule has 1 aliphatic heterocycles. The summed E-state index contributed by atoms with van der Waals surface area (Å²) in [7, 11) is 4.14. The number of aromatic nitrogens is 4. The summed E-state index contributed by atoms with van der Waals surface area (Å²) in [5.41, 5.74) is 0.909. The molecule has 0 radical (unpaired) electrons. The van der Waals surface area contributed by atoms with Crippen LogP contribution in [-0.4, -0.2) is 57.4 Å². The van der Waals surface area contributed by atoms with Crippen LogP contribution in [0.1, 0.15) is 26.7 Å². The third-order valence-corrected chi connectivity index (χ3v) is 4.75. The minimum atomic E-state index is 0.597. The molecule has 0 bridgehead atoms. The van der Waals surface area contributed by atoms with Gasteiger partial charge in [0.05, 0.1) is 11.6 Å². The molecule has 0 unspecified atom stereocenters. The molecule has 6 nitrogen and oxygen atoms in total. The molecule has 120 valence electrons. The van der Waals surface area contributed by atoms with E-state index in [9.17, 15) is 0 Å². The molecule has 0 aromatic carbocycles. The molecule has 0 N–H and O–H groups in total. The third kappa shape index (κ3) is 2.92. The Morgan fingerprint density at radius 1 is 1.36 bits per heavy atom. The van der Waals surface area contributed by atoms with Crippen molar-refractivity contribution in [3.05, 3.63) is 12.5 Å². The summed E-state index contributed by atoms with van der Waals surface area (Å²) in [6, 6.07) is 0.597. The first kappa shape index (κ1) is 15.2. The third-order valence-electron chi connectivity index (χ3n) is 4.75. The maximum atomic E-state index is 4.54. The first-order chi connectivity index (χ1) is 10.6. The Morgan fingerprint density at radius 3 is 2.95 bits per heavy atom. The Bertz CT molecular complexity index is 635. The Balaban J connectivity index is 1.79. The van der Waals surface area contributed by atoms with Gasteiger partial charge in [0.2, 0.25) is 0 Å². The molecular weight excluding hydrogens is 276 g/mol. The zero-order valence-corrected chi connectivity index (χ0v) is 14.0. The standard InChI is InChI=1S/C16H26N6/c1-12(2)20(3)9-13-6-5-7-22(10-13)16-14-8-19-21(4)15(14)17-11-18-16/h8,11-13H,5-7,9-10H2,1-4H3/t13-/m1/s1. The fourth-order valence-electron chi connectivity index (χ4n) is 3.23. The zero-order valence-electron chi connectivity index (χ0n) is 14.0. The van der Waals surface area contributed by atoms with E-state index < -0.39 is 0 Å². The van der Waals surface area contributed by atoms with Gasteiger partial charge in [0.25, 0.3) is 0 Å². The number of hydrogen-bond donors (Lipinski definition) is 0. The van der Waals surface area contributed by atoms with E-state index in [2.05, 4.69) is 45.8 Å². The quantitative estimate of drug-likeness (QED) is 0.863. The molecule has 6 heteroatoms. The van der Waals surface area contributed by atoms with E-state index in [1.165, 1.54) is 12.8 Å². The van der Waals surface area contributed by atoms with Gasteiger partial charge in [0, 0.05) is 32.7 Å². The van der Waals surface area contributed by atoms with Crippen LogP contribution in [0.2, 0.25) is 0 Å². The van der Waals surface area contributed by atoms with Crippen LogP contribution in [0.5, 0.6) is 0 Å². The van der Waals surface area contributed by atoms with Gasteiger partial charge in [-0.1, -0.05) is 0 Å². The van der Waals surface area contributed by atoms with Crippen molar-refractivity contribution in [3.63, 3.8) is 0 Å². The van der Waals surface area contributed by atoms with E-state index in [1.54, 1.807) is 6.33 Å². The van der Waals surface area contributed by atoms with E-state index >= 15 is 0 Å². The van der Waals surface area contributed by atoms with Gasteiger partial charge in [-0.15, -0.1) is 0 Å². The Labute approximate surface area is 132 Å². The van der Waals surface area contributed by atoms with E-state index in [1.807, 2.05) is 17.9 Å².